The molecular formula is C17H20N2O2. The van der Waals surface area contributed by atoms with Crippen molar-refractivity contribution in [2.75, 3.05) is 6.54 Å². The van der Waals surface area contributed by atoms with Gasteiger partial charge in [0, 0.05) is 6.54 Å². The third kappa shape index (κ3) is 2.15. The van der Waals surface area contributed by atoms with Crippen LogP contribution in [-0.2, 0) is 15.1 Å². The van der Waals surface area contributed by atoms with Crippen LogP contribution in [0.1, 0.15) is 25.3 Å². The SMILES string of the molecule is C=CCN1C(=O)C(C2CC2)NC(=O)C1(C)c1ccccc1. The summed E-state index contributed by atoms with van der Waals surface area (Å²) in [5.74, 6) is 0.199. The van der Waals surface area contributed by atoms with Crippen molar-refractivity contribution in [3.63, 3.8) is 0 Å². The lowest BCUT2D eigenvalue weighted by Gasteiger charge is -2.46. The zero-order valence-corrected chi connectivity index (χ0v) is 12.2. The topological polar surface area (TPSA) is 49.4 Å². The Labute approximate surface area is 124 Å². The molecule has 4 nitrogen and oxygen atoms in total. The third-order valence-corrected chi connectivity index (χ3v) is 4.54. The molecule has 4 heteroatoms. The van der Waals surface area contributed by atoms with Crippen molar-refractivity contribution in [2.45, 2.75) is 31.3 Å². The van der Waals surface area contributed by atoms with Gasteiger partial charge in [-0.05, 0) is 31.2 Å². The standard InChI is InChI=1S/C17H20N2O2/c1-3-11-19-15(20)14(12-9-10-12)18-16(21)17(19,2)13-7-5-4-6-8-13/h3-8,12,14H,1,9-11H2,2H3,(H,18,21). The number of carbonyl (C=O) groups excluding carboxylic acids is 2. The predicted octanol–water partition coefficient (Wildman–Crippen LogP) is 1.82. The van der Waals surface area contributed by atoms with Crippen LogP contribution in [0.2, 0.25) is 0 Å². The molecule has 1 N–H and O–H groups in total. The molecule has 1 aliphatic heterocycles. The highest BCUT2D eigenvalue weighted by Crippen LogP contribution is 2.39. The average molecular weight is 284 g/mol. The number of carbonyl (C=O) groups is 2. The predicted molar refractivity (Wildman–Crippen MR) is 80.4 cm³/mol. The molecule has 21 heavy (non-hydrogen) atoms. The second-order valence-corrected chi connectivity index (χ2v) is 5.96. The maximum atomic E-state index is 12.8. The second-order valence-electron chi connectivity index (χ2n) is 5.96. The van der Waals surface area contributed by atoms with Crippen LogP contribution in [0.5, 0.6) is 0 Å². The van der Waals surface area contributed by atoms with Gasteiger partial charge in [0.2, 0.25) is 5.91 Å². The molecule has 0 radical (unpaired) electrons. The number of rotatable bonds is 4. The van der Waals surface area contributed by atoms with Crippen molar-refractivity contribution in [2.24, 2.45) is 5.92 Å². The van der Waals surface area contributed by atoms with Crippen LogP contribution in [-0.4, -0.2) is 29.3 Å². The Kier molecular flexibility index (Phi) is 3.32. The summed E-state index contributed by atoms with van der Waals surface area (Å²) in [6, 6.07) is 9.09. The normalized spacial score (nSPS) is 29.2. The summed E-state index contributed by atoms with van der Waals surface area (Å²) >= 11 is 0. The second kappa shape index (κ2) is 5.02. The van der Waals surface area contributed by atoms with Gasteiger partial charge in [0.05, 0.1) is 0 Å². The molecule has 1 aromatic rings. The number of piperazine rings is 1. The summed E-state index contributed by atoms with van der Waals surface area (Å²) in [4.78, 5) is 27.2. The molecule has 2 aliphatic rings. The van der Waals surface area contributed by atoms with Gasteiger partial charge >= 0.3 is 0 Å². The minimum absolute atomic E-state index is 0.00310. The molecule has 110 valence electrons. The number of benzene rings is 1. The van der Waals surface area contributed by atoms with Gasteiger partial charge in [-0.25, -0.2) is 0 Å². The number of hydrogen-bond acceptors (Lipinski definition) is 2. The molecule has 1 aliphatic carbocycles. The molecule has 2 amide bonds. The smallest absolute Gasteiger partial charge is 0.251 e. The Morgan fingerprint density at radius 1 is 1.33 bits per heavy atom. The Balaban J connectivity index is 2.03. The fourth-order valence-corrected chi connectivity index (χ4v) is 3.05. The van der Waals surface area contributed by atoms with Gasteiger partial charge in [0.25, 0.3) is 5.91 Å². The molecule has 1 aromatic carbocycles. The summed E-state index contributed by atoms with van der Waals surface area (Å²) in [5.41, 5.74) is -0.148. The minimum Gasteiger partial charge on any atom is -0.342 e. The van der Waals surface area contributed by atoms with E-state index in [0.717, 1.165) is 18.4 Å². The van der Waals surface area contributed by atoms with Gasteiger partial charge in [0.15, 0.2) is 0 Å². The van der Waals surface area contributed by atoms with Gasteiger partial charge in [-0.2, -0.15) is 0 Å². The molecule has 2 fully saturated rings. The van der Waals surface area contributed by atoms with Gasteiger partial charge in [-0.3, -0.25) is 9.59 Å². The molecule has 0 aromatic heterocycles. The molecule has 0 bridgehead atoms. The van der Waals surface area contributed by atoms with Crippen LogP contribution in [0.15, 0.2) is 43.0 Å². The van der Waals surface area contributed by atoms with Crippen LogP contribution in [0.3, 0.4) is 0 Å². The van der Waals surface area contributed by atoms with Crippen LogP contribution in [0.4, 0.5) is 0 Å². The lowest BCUT2D eigenvalue weighted by atomic mass is 9.85. The number of amides is 2. The lowest BCUT2D eigenvalue weighted by Crippen LogP contribution is -2.68. The first-order chi connectivity index (χ1) is 10.1. The number of nitrogens with one attached hydrogen (secondary N) is 1. The highest BCUT2D eigenvalue weighted by molar-refractivity contribution is 6.00. The van der Waals surface area contributed by atoms with Crippen molar-refractivity contribution < 1.29 is 9.59 Å². The molecule has 1 saturated heterocycles. The summed E-state index contributed by atoms with van der Waals surface area (Å²) in [5, 5.41) is 2.94. The van der Waals surface area contributed by atoms with Gasteiger partial charge < -0.3 is 10.2 Å². The molecule has 2 unspecified atom stereocenters. The summed E-state index contributed by atoms with van der Waals surface area (Å²) in [6.07, 6.45) is 3.71. The highest BCUT2D eigenvalue weighted by atomic mass is 16.2. The van der Waals surface area contributed by atoms with Crippen LogP contribution in [0, 0.1) is 5.92 Å². The van der Waals surface area contributed by atoms with Gasteiger partial charge in [0.1, 0.15) is 11.6 Å². The van der Waals surface area contributed by atoms with Crippen molar-refractivity contribution in [3.05, 3.63) is 48.6 Å². The van der Waals surface area contributed by atoms with E-state index in [1.165, 1.54) is 0 Å². The molecule has 3 rings (SSSR count). The summed E-state index contributed by atoms with van der Waals surface area (Å²) < 4.78 is 0. The highest BCUT2D eigenvalue weighted by Gasteiger charge is 2.53. The third-order valence-electron chi connectivity index (χ3n) is 4.54. The van der Waals surface area contributed by atoms with E-state index in [9.17, 15) is 9.59 Å². The largest absolute Gasteiger partial charge is 0.342 e. The zero-order chi connectivity index (χ0) is 15.0. The zero-order valence-electron chi connectivity index (χ0n) is 12.2. The monoisotopic (exact) mass is 284 g/mol. The van der Waals surface area contributed by atoms with E-state index >= 15 is 0 Å². The number of hydrogen-bond donors (Lipinski definition) is 1. The molecule has 1 saturated carbocycles. The Bertz CT molecular complexity index is 580. The van der Waals surface area contributed by atoms with E-state index in [-0.39, 0.29) is 17.9 Å². The van der Waals surface area contributed by atoms with Crippen LogP contribution in [0.25, 0.3) is 0 Å². The molecule has 2 atom stereocenters. The molecule has 1 heterocycles. The molecular weight excluding hydrogens is 264 g/mol. The fourth-order valence-electron chi connectivity index (χ4n) is 3.05. The van der Waals surface area contributed by atoms with Crippen molar-refractivity contribution in [1.82, 2.24) is 10.2 Å². The fraction of sp³-hybridized carbons (Fsp3) is 0.412. The van der Waals surface area contributed by atoms with Crippen molar-refractivity contribution in [1.29, 1.82) is 0 Å². The van der Waals surface area contributed by atoms with E-state index in [0.29, 0.717) is 12.5 Å². The van der Waals surface area contributed by atoms with E-state index < -0.39 is 5.54 Å². The Morgan fingerprint density at radius 2 is 2.00 bits per heavy atom. The van der Waals surface area contributed by atoms with Gasteiger partial charge in [-0.1, -0.05) is 36.4 Å². The first kappa shape index (κ1) is 13.9. The number of nitrogens with zero attached hydrogens (tertiary/aromatic N) is 1. The van der Waals surface area contributed by atoms with Gasteiger partial charge in [-0.15, -0.1) is 6.58 Å². The minimum atomic E-state index is -0.974. The molecule has 0 spiro atoms. The summed E-state index contributed by atoms with van der Waals surface area (Å²) in [6.45, 7) is 5.92. The van der Waals surface area contributed by atoms with E-state index in [4.69, 9.17) is 0 Å². The van der Waals surface area contributed by atoms with Crippen LogP contribution < -0.4 is 5.32 Å². The summed E-state index contributed by atoms with van der Waals surface area (Å²) in [7, 11) is 0. The first-order valence-electron chi connectivity index (χ1n) is 7.38. The van der Waals surface area contributed by atoms with E-state index in [1.54, 1.807) is 11.0 Å². The quantitative estimate of drug-likeness (QED) is 0.858. The maximum Gasteiger partial charge on any atom is 0.251 e. The Hall–Kier alpha value is -2.10. The maximum absolute atomic E-state index is 12.8. The van der Waals surface area contributed by atoms with E-state index in [1.807, 2.05) is 37.3 Å². The average Bonchev–Trinajstić information content (AvgIpc) is 3.33. The van der Waals surface area contributed by atoms with Crippen molar-refractivity contribution in [3.8, 4) is 0 Å². The Morgan fingerprint density at radius 3 is 2.57 bits per heavy atom. The van der Waals surface area contributed by atoms with E-state index in [2.05, 4.69) is 11.9 Å². The first-order valence-corrected chi connectivity index (χ1v) is 7.38. The van der Waals surface area contributed by atoms with Crippen molar-refractivity contribution >= 4 is 11.8 Å². The van der Waals surface area contributed by atoms with Crippen LogP contribution >= 0.6 is 0 Å². The lowest BCUT2D eigenvalue weighted by molar-refractivity contribution is -0.157.